The fourth-order valence-corrected chi connectivity index (χ4v) is 4.57. The lowest BCUT2D eigenvalue weighted by Crippen LogP contribution is -2.29. The molecule has 2 aliphatic heterocycles. The number of amides is 1. The number of fused-ring (bicyclic) bond motifs is 2. The van der Waals surface area contributed by atoms with Crippen molar-refractivity contribution < 1.29 is 24.2 Å². The molecule has 0 bridgehead atoms. The zero-order valence-corrected chi connectivity index (χ0v) is 17.8. The molecular weight excluding hydrogens is 432 g/mol. The third kappa shape index (κ3) is 3.02. The van der Waals surface area contributed by atoms with E-state index in [1.54, 1.807) is 48.8 Å². The first-order chi connectivity index (χ1) is 16.6. The molecule has 1 atom stereocenters. The second-order valence-electron chi connectivity index (χ2n) is 8.01. The summed E-state index contributed by atoms with van der Waals surface area (Å²) in [6.45, 7) is 0.0898. The smallest absolute Gasteiger partial charge is 0.300 e. The van der Waals surface area contributed by atoms with E-state index in [0.717, 1.165) is 10.8 Å². The lowest BCUT2D eigenvalue weighted by molar-refractivity contribution is -0.132. The molecule has 1 N–H and O–H groups in total. The van der Waals surface area contributed by atoms with Crippen molar-refractivity contribution in [2.75, 3.05) is 11.7 Å². The number of benzene rings is 3. The summed E-state index contributed by atoms with van der Waals surface area (Å²) in [5.74, 6) is -0.661. The molecular formula is C27H18N2O5. The molecule has 1 amide bonds. The van der Waals surface area contributed by atoms with Crippen molar-refractivity contribution in [3.05, 3.63) is 102 Å². The maximum absolute atomic E-state index is 13.4. The van der Waals surface area contributed by atoms with Crippen LogP contribution in [0.15, 0.2) is 90.8 Å². The fourth-order valence-electron chi connectivity index (χ4n) is 4.57. The Labute approximate surface area is 194 Å². The number of hydrogen-bond donors (Lipinski definition) is 1. The molecule has 0 saturated carbocycles. The molecule has 1 saturated heterocycles. The number of carbonyl (C=O) groups is 2. The average Bonchev–Trinajstić information content (AvgIpc) is 3.45. The molecule has 34 heavy (non-hydrogen) atoms. The molecule has 3 heterocycles. The average molecular weight is 450 g/mol. The summed E-state index contributed by atoms with van der Waals surface area (Å²) in [7, 11) is 0. The van der Waals surface area contributed by atoms with Crippen molar-refractivity contribution in [1.29, 1.82) is 0 Å². The molecule has 1 unspecified atom stereocenters. The first-order valence-corrected chi connectivity index (χ1v) is 10.7. The van der Waals surface area contributed by atoms with Gasteiger partial charge in [-0.15, -0.1) is 0 Å². The lowest BCUT2D eigenvalue weighted by atomic mass is 9.93. The molecule has 4 aromatic rings. The van der Waals surface area contributed by atoms with Gasteiger partial charge in [-0.05, 0) is 40.6 Å². The summed E-state index contributed by atoms with van der Waals surface area (Å²) in [4.78, 5) is 32.2. The molecule has 0 spiro atoms. The van der Waals surface area contributed by atoms with E-state index >= 15 is 0 Å². The zero-order valence-electron chi connectivity index (χ0n) is 17.8. The minimum Gasteiger partial charge on any atom is -0.507 e. The van der Waals surface area contributed by atoms with E-state index in [9.17, 15) is 14.7 Å². The van der Waals surface area contributed by atoms with Gasteiger partial charge < -0.3 is 14.6 Å². The number of aliphatic hydroxyl groups is 1. The predicted molar refractivity (Wildman–Crippen MR) is 126 cm³/mol. The molecule has 7 heteroatoms. The molecule has 3 aromatic carbocycles. The Morgan fingerprint density at radius 1 is 0.912 bits per heavy atom. The molecule has 166 valence electrons. The molecule has 0 radical (unpaired) electrons. The Bertz CT molecular complexity index is 1490. The highest BCUT2D eigenvalue weighted by atomic mass is 16.7. The number of nitrogens with zero attached hydrogens (tertiary/aromatic N) is 2. The number of anilines is 1. The van der Waals surface area contributed by atoms with E-state index in [2.05, 4.69) is 4.98 Å². The summed E-state index contributed by atoms with van der Waals surface area (Å²) in [6, 6.07) is 20.7. The summed E-state index contributed by atoms with van der Waals surface area (Å²) in [6.07, 6.45) is 3.18. The van der Waals surface area contributed by atoms with Crippen LogP contribution in [0.25, 0.3) is 16.5 Å². The number of aromatic nitrogens is 1. The van der Waals surface area contributed by atoms with Gasteiger partial charge in [0, 0.05) is 29.7 Å². The Morgan fingerprint density at radius 2 is 1.68 bits per heavy atom. The van der Waals surface area contributed by atoms with Gasteiger partial charge in [0.1, 0.15) is 5.76 Å². The van der Waals surface area contributed by atoms with E-state index in [1.807, 2.05) is 36.4 Å². The maximum atomic E-state index is 13.4. The minimum absolute atomic E-state index is 0.0187. The first-order valence-electron chi connectivity index (χ1n) is 10.7. The van der Waals surface area contributed by atoms with Crippen LogP contribution in [0.2, 0.25) is 0 Å². The van der Waals surface area contributed by atoms with Crippen LogP contribution in [0.5, 0.6) is 11.5 Å². The summed E-state index contributed by atoms with van der Waals surface area (Å²) >= 11 is 0. The van der Waals surface area contributed by atoms with Crippen molar-refractivity contribution >= 4 is 33.9 Å². The van der Waals surface area contributed by atoms with Gasteiger partial charge in [-0.25, -0.2) is 0 Å². The van der Waals surface area contributed by atoms with Crippen molar-refractivity contribution in [2.45, 2.75) is 6.04 Å². The second kappa shape index (κ2) is 7.74. The number of Topliss-reactive ketones (excluding diaryl/α,β-unsaturated/α-hetero) is 1. The second-order valence-corrected chi connectivity index (χ2v) is 8.01. The first kappa shape index (κ1) is 20.0. The highest BCUT2D eigenvalue weighted by Gasteiger charge is 2.47. The lowest BCUT2D eigenvalue weighted by Gasteiger charge is -2.25. The SMILES string of the molecule is O=C1C(=O)N(c2ccc3c(c2)OCO3)C(c2ccncc2)/C1=C(/O)c1cccc2ccccc12. The summed E-state index contributed by atoms with van der Waals surface area (Å²) in [5, 5.41) is 13.2. The Morgan fingerprint density at radius 3 is 2.53 bits per heavy atom. The van der Waals surface area contributed by atoms with E-state index in [-0.39, 0.29) is 18.1 Å². The number of aliphatic hydroxyl groups excluding tert-OH is 1. The van der Waals surface area contributed by atoms with Crippen molar-refractivity contribution in [3.63, 3.8) is 0 Å². The maximum Gasteiger partial charge on any atom is 0.300 e. The summed E-state index contributed by atoms with van der Waals surface area (Å²) in [5.41, 5.74) is 1.62. The van der Waals surface area contributed by atoms with Gasteiger partial charge in [-0.2, -0.15) is 0 Å². The molecule has 7 nitrogen and oxygen atoms in total. The third-order valence-electron chi connectivity index (χ3n) is 6.15. The number of ketones is 1. The van der Waals surface area contributed by atoms with E-state index in [4.69, 9.17) is 9.47 Å². The van der Waals surface area contributed by atoms with Crippen LogP contribution in [0.4, 0.5) is 5.69 Å². The third-order valence-corrected chi connectivity index (χ3v) is 6.15. The van der Waals surface area contributed by atoms with Crippen molar-refractivity contribution in [1.82, 2.24) is 4.98 Å². The standard InChI is InChI=1S/C27H18N2O5/c30-25(20-7-3-5-16-4-1-2-6-19(16)20)23-24(17-10-12-28-13-11-17)29(27(32)26(23)31)18-8-9-21-22(14-18)34-15-33-21/h1-14,24,30H,15H2/b25-23-. The Balaban J connectivity index is 1.58. The minimum atomic E-state index is -0.845. The molecule has 1 aromatic heterocycles. The number of pyridine rings is 1. The highest BCUT2D eigenvalue weighted by Crippen LogP contribution is 2.45. The zero-order chi connectivity index (χ0) is 23.2. The van der Waals surface area contributed by atoms with Crippen LogP contribution in [0.3, 0.4) is 0 Å². The molecule has 1 fully saturated rings. The number of ether oxygens (including phenoxy) is 2. The van der Waals surface area contributed by atoms with E-state index in [1.165, 1.54) is 4.90 Å². The largest absolute Gasteiger partial charge is 0.507 e. The molecule has 0 aliphatic carbocycles. The van der Waals surface area contributed by atoms with Crippen LogP contribution in [-0.2, 0) is 9.59 Å². The van der Waals surface area contributed by atoms with Crippen LogP contribution in [0, 0.1) is 0 Å². The van der Waals surface area contributed by atoms with Crippen LogP contribution in [-0.4, -0.2) is 28.6 Å². The quantitative estimate of drug-likeness (QED) is 0.279. The fraction of sp³-hybridized carbons (Fsp3) is 0.0741. The Hall–Kier alpha value is -4.65. The van der Waals surface area contributed by atoms with Gasteiger partial charge in [0.2, 0.25) is 6.79 Å². The molecule has 2 aliphatic rings. The van der Waals surface area contributed by atoms with E-state index < -0.39 is 17.7 Å². The van der Waals surface area contributed by atoms with Crippen molar-refractivity contribution in [3.8, 4) is 11.5 Å². The van der Waals surface area contributed by atoms with E-state index in [0.29, 0.717) is 28.3 Å². The number of carbonyl (C=O) groups excluding carboxylic acids is 2. The molecule has 6 rings (SSSR count). The van der Waals surface area contributed by atoms with Gasteiger partial charge in [-0.1, -0.05) is 42.5 Å². The highest BCUT2D eigenvalue weighted by molar-refractivity contribution is 6.51. The number of rotatable bonds is 3. The van der Waals surface area contributed by atoms with Gasteiger partial charge in [-0.3, -0.25) is 19.5 Å². The normalized spacial score (nSPS) is 18.6. The van der Waals surface area contributed by atoms with Crippen LogP contribution >= 0.6 is 0 Å². The number of hydrogen-bond acceptors (Lipinski definition) is 6. The topological polar surface area (TPSA) is 89.0 Å². The summed E-state index contributed by atoms with van der Waals surface area (Å²) < 4.78 is 10.9. The Kier molecular flexibility index (Phi) is 4.55. The van der Waals surface area contributed by atoms with Gasteiger partial charge >= 0.3 is 0 Å². The predicted octanol–water partition coefficient (Wildman–Crippen LogP) is 4.59. The van der Waals surface area contributed by atoms with Gasteiger partial charge in [0.15, 0.2) is 11.5 Å². The van der Waals surface area contributed by atoms with Gasteiger partial charge in [0.25, 0.3) is 11.7 Å². The van der Waals surface area contributed by atoms with Crippen LogP contribution < -0.4 is 14.4 Å². The van der Waals surface area contributed by atoms with Crippen LogP contribution in [0.1, 0.15) is 17.2 Å². The monoisotopic (exact) mass is 450 g/mol. The van der Waals surface area contributed by atoms with Crippen molar-refractivity contribution in [2.24, 2.45) is 0 Å². The van der Waals surface area contributed by atoms with Gasteiger partial charge in [0.05, 0.1) is 11.6 Å².